The summed E-state index contributed by atoms with van der Waals surface area (Å²) in [7, 11) is 0. The van der Waals surface area contributed by atoms with Gasteiger partial charge in [-0.3, -0.25) is 4.79 Å². The van der Waals surface area contributed by atoms with Crippen LogP contribution in [0, 0.1) is 0 Å². The highest BCUT2D eigenvalue weighted by Crippen LogP contribution is 2.23. The fourth-order valence-electron chi connectivity index (χ4n) is 2.53. The lowest BCUT2D eigenvalue weighted by Crippen LogP contribution is -2.28. The number of carbonyl (C=O) groups is 1. The fourth-order valence-corrected chi connectivity index (χ4v) is 2.53. The van der Waals surface area contributed by atoms with Crippen molar-refractivity contribution in [1.82, 2.24) is 10.3 Å². The standard InChI is InChI=1S/C19H20N6O2/c20-17-16-11-15(6-3-12(16)7-8-23-17)27-10-9-24-18(26)13-1-4-14(5-2-13)25-19(21)22/h1-8,11H,9-10H2,(H2,20,23)(H,24,26)(H4,21,22,25). The molecule has 7 N–H and O–H groups in total. The van der Waals surface area contributed by atoms with Crippen LogP contribution in [0.25, 0.3) is 10.8 Å². The summed E-state index contributed by atoms with van der Waals surface area (Å²) in [6.07, 6.45) is 1.66. The van der Waals surface area contributed by atoms with Crippen LogP contribution in [0.5, 0.6) is 5.75 Å². The van der Waals surface area contributed by atoms with Crippen molar-refractivity contribution in [3.05, 3.63) is 60.3 Å². The molecule has 1 aromatic heterocycles. The van der Waals surface area contributed by atoms with E-state index in [-0.39, 0.29) is 11.9 Å². The van der Waals surface area contributed by atoms with Crippen LogP contribution < -0.4 is 27.3 Å². The molecule has 0 aliphatic heterocycles. The predicted molar refractivity (Wildman–Crippen MR) is 106 cm³/mol. The first-order chi connectivity index (χ1) is 13.0. The number of carbonyl (C=O) groups excluding carboxylic acids is 1. The molecule has 3 rings (SSSR count). The van der Waals surface area contributed by atoms with Gasteiger partial charge >= 0.3 is 0 Å². The van der Waals surface area contributed by atoms with E-state index in [0.717, 1.165) is 10.8 Å². The van der Waals surface area contributed by atoms with Gasteiger partial charge in [-0.1, -0.05) is 6.07 Å². The summed E-state index contributed by atoms with van der Waals surface area (Å²) in [6, 6.07) is 14.1. The molecular formula is C19H20N6O2. The number of nitrogen functional groups attached to an aromatic ring is 1. The van der Waals surface area contributed by atoms with Gasteiger partial charge in [0.2, 0.25) is 0 Å². The van der Waals surface area contributed by atoms with Gasteiger partial charge < -0.3 is 27.3 Å². The van der Waals surface area contributed by atoms with Crippen LogP contribution in [-0.4, -0.2) is 30.0 Å². The Morgan fingerprint density at radius 1 is 1.11 bits per heavy atom. The summed E-state index contributed by atoms with van der Waals surface area (Å²) in [5, 5.41) is 4.62. The molecule has 2 aromatic carbocycles. The second-order valence-electron chi connectivity index (χ2n) is 5.77. The minimum Gasteiger partial charge on any atom is -0.492 e. The van der Waals surface area contributed by atoms with E-state index in [9.17, 15) is 4.79 Å². The Labute approximate surface area is 156 Å². The molecule has 1 amide bonds. The van der Waals surface area contributed by atoms with Crippen LogP contribution in [0.15, 0.2) is 59.7 Å². The van der Waals surface area contributed by atoms with Crippen LogP contribution >= 0.6 is 0 Å². The smallest absolute Gasteiger partial charge is 0.251 e. The topological polar surface area (TPSA) is 142 Å². The summed E-state index contributed by atoms with van der Waals surface area (Å²) in [6.45, 7) is 0.679. The zero-order chi connectivity index (χ0) is 19.2. The highest BCUT2D eigenvalue weighted by atomic mass is 16.5. The minimum absolute atomic E-state index is 0.0319. The van der Waals surface area contributed by atoms with Crippen LogP contribution in [0.1, 0.15) is 10.4 Å². The van der Waals surface area contributed by atoms with Crippen LogP contribution in [-0.2, 0) is 0 Å². The van der Waals surface area contributed by atoms with Crippen molar-refractivity contribution in [2.24, 2.45) is 16.5 Å². The number of benzene rings is 2. The number of nitrogens with two attached hydrogens (primary N) is 3. The number of fused-ring (bicyclic) bond motifs is 1. The number of hydrogen-bond acceptors (Lipinski definition) is 5. The van der Waals surface area contributed by atoms with Gasteiger partial charge in [0.15, 0.2) is 5.96 Å². The molecule has 0 saturated heterocycles. The third kappa shape index (κ3) is 4.63. The summed E-state index contributed by atoms with van der Waals surface area (Å²) in [4.78, 5) is 20.1. The first-order valence-electron chi connectivity index (χ1n) is 8.28. The third-order valence-electron chi connectivity index (χ3n) is 3.81. The van der Waals surface area contributed by atoms with E-state index >= 15 is 0 Å². The van der Waals surface area contributed by atoms with Crippen molar-refractivity contribution in [1.29, 1.82) is 0 Å². The van der Waals surface area contributed by atoms with Crippen molar-refractivity contribution in [2.45, 2.75) is 0 Å². The Balaban J connectivity index is 1.52. The van der Waals surface area contributed by atoms with Gasteiger partial charge in [0.25, 0.3) is 5.91 Å². The number of rotatable bonds is 6. The van der Waals surface area contributed by atoms with E-state index in [1.165, 1.54) is 0 Å². The van der Waals surface area contributed by atoms with Crippen molar-refractivity contribution in [3.63, 3.8) is 0 Å². The maximum atomic E-state index is 12.1. The molecule has 0 bridgehead atoms. The SMILES string of the molecule is NC(N)=Nc1ccc(C(=O)NCCOc2ccc3ccnc(N)c3c2)cc1. The van der Waals surface area contributed by atoms with Crippen LogP contribution in [0.3, 0.4) is 0 Å². The van der Waals surface area contributed by atoms with Crippen LogP contribution in [0.2, 0.25) is 0 Å². The highest BCUT2D eigenvalue weighted by molar-refractivity contribution is 5.94. The number of aliphatic imine (C=N–C) groups is 1. The molecule has 138 valence electrons. The second-order valence-corrected chi connectivity index (χ2v) is 5.77. The van der Waals surface area contributed by atoms with Gasteiger partial charge in [-0.2, -0.15) is 0 Å². The zero-order valence-electron chi connectivity index (χ0n) is 14.6. The molecule has 0 radical (unpaired) electrons. The van der Waals surface area contributed by atoms with Crippen molar-refractivity contribution >= 4 is 34.1 Å². The summed E-state index contributed by atoms with van der Waals surface area (Å²) < 4.78 is 5.67. The molecule has 0 fully saturated rings. The quantitative estimate of drug-likeness (QED) is 0.297. The van der Waals surface area contributed by atoms with Gasteiger partial charge in [0.1, 0.15) is 18.2 Å². The van der Waals surface area contributed by atoms with E-state index in [1.807, 2.05) is 24.3 Å². The number of pyridine rings is 1. The Hall–Kier alpha value is -3.81. The molecule has 8 heteroatoms. The molecule has 1 heterocycles. The van der Waals surface area contributed by atoms with Crippen molar-refractivity contribution < 1.29 is 9.53 Å². The number of aromatic nitrogens is 1. The lowest BCUT2D eigenvalue weighted by Gasteiger charge is -2.09. The minimum atomic E-state index is -0.207. The Morgan fingerprint density at radius 3 is 2.63 bits per heavy atom. The monoisotopic (exact) mass is 364 g/mol. The van der Waals surface area contributed by atoms with E-state index in [1.54, 1.807) is 30.5 Å². The molecule has 27 heavy (non-hydrogen) atoms. The molecule has 0 aliphatic rings. The molecule has 0 aliphatic carbocycles. The fraction of sp³-hybridized carbons (Fsp3) is 0.105. The number of hydrogen-bond donors (Lipinski definition) is 4. The number of guanidine groups is 1. The number of ether oxygens (including phenoxy) is 1. The Bertz CT molecular complexity index is 981. The Kier molecular flexibility index (Phi) is 5.36. The second kappa shape index (κ2) is 8.05. The summed E-state index contributed by atoms with van der Waals surface area (Å²) in [5.74, 6) is 0.880. The van der Waals surface area contributed by atoms with E-state index < -0.39 is 0 Å². The van der Waals surface area contributed by atoms with Gasteiger partial charge in [-0.25, -0.2) is 9.98 Å². The number of nitrogens with zero attached hydrogens (tertiary/aromatic N) is 2. The van der Waals surface area contributed by atoms with E-state index in [4.69, 9.17) is 21.9 Å². The number of nitrogens with one attached hydrogen (secondary N) is 1. The van der Waals surface area contributed by atoms with Crippen molar-refractivity contribution in [2.75, 3.05) is 18.9 Å². The zero-order valence-corrected chi connectivity index (χ0v) is 14.6. The average molecular weight is 364 g/mol. The predicted octanol–water partition coefficient (Wildman–Crippen LogP) is 1.53. The maximum absolute atomic E-state index is 12.1. The normalized spacial score (nSPS) is 10.4. The Morgan fingerprint density at radius 2 is 1.89 bits per heavy atom. The highest BCUT2D eigenvalue weighted by Gasteiger charge is 2.05. The van der Waals surface area contributed by atoms with Gasteiger partial charge in [0.05, 0.1) is 12.2 Å². The molecule has 0 atom stereocenters. The van der Waals surface area contributed by atoms with E-state index in [0.29, 0.717) is 36.0 Å². The lowest BCUT2D eigenvalue weighted by molar-refractivity contribution is 0.0947. The lowest BCUT2D eigenvalue weighted by atomic mass is 10.1. The van der Waals surface area contributed by atoms with E-state index in [2.05, 4.69) is 15.3 Å². The third-order valence-corrected chi connectivity index (χ3v) is 3.81. The molecular weight excluding hydrogens is 344 g/mol. The molecule has 3 aromatic rings. The maximum Gasteiger partial charge on any atom is 0.251 e. The summed E-state index contributed by atoms with van der Waals surface area (Å²) >= 11 is 0. The van der Waals surface area contributed by atoms with Gasteiger partial charge in [-0.15, -0.1) is 0 Å². The number of amides is 1. The largest absolute Gasteiger partial charge is 0.492 e. The summed E-state index contributed by atoms with van der Waals surface area (Å²) in [5.41, 5.74) is 17.6. The van der Waals surface area contributed by atoms with Crippen LogP contribution in [0.4, 0.5) is 11.5 Å². The van der Waals surface area contributed by atoms with Gasteiger partial charge in [0, 0.05) is 17.1 Å². The van der Waals surface area contributed by atoms with Gasteiger partial charge in [-0.05, 0) is 47.9 Å². The first kappa shape index (κ1) is 18.0. The molecule has 0 saturated carbocycles. The number of anilines is 1. The molecule has 0 spiro atoms. The first-order valence-corrected chi connectivity index (χ1v) is 8.28. The molecule has 8 nitrogen and oxygen atoms in total. The van der Waals surface area contributed by atoms with Crippen molar-refractivity contribution in [3.8, 4) is 5.75 Å². The average Bonchev–Trinajstić information content (AvgIpc) is 2.66. The molecule has 0 unspecified atom stereocenters.